The molecule has 1 atom stereocenters. The Kier molecular flexibility index (Phi) is 5.48. The fourth-order valence-electron chi connectivity index (χ4n) is 4.86. The topological polar surface area (TPSA) is 52.1 Å². The van der Waals surface area contributed by atoms with Crippen molar-refractivity contribution in [3.63, 3.8) is 0 Å². The highest BCUT2D eigenvalue weighted by atomic mass is 16.5. The lowest BCUT2D eigenvalue weighted by molar-refractivity contribution is -0.0164. The van der Waals surface area contributed by atoms with Gasteiger partial charge in [0.1, 0.15) is 0 Å². The fraction of sp³-hybridized carbons (Fsp3) is 0.947. The van der Waals surface area contributed by atoms with Gasteiger partial charge in [-0.1, -0.05) is 0 Å². The Balaban J connectivity index is 1.31. The standard InChI is InChI=1S/C19H35N5O/c1-20-18(22-16-6-11-23(14-16)17-4-5-17)21-15-19(7-12-25-13-8-19)24-9-2-3-10-24/h16-17H,2-15H2,1H3,(H2,20,21,22). The van der Waals surface area contributed by atoms with Gasteiger partial charge in [0.25, 0.3) is 0 Å². The predicted molar refractivity (Wildman–Crippen MR) is 101 cm³/mol. The van der Waals surface area contributed by atoms with Crippen LogP contribution in [-0.4, -0.2) is 86.4 Å². The molecule has 3 aliphatic heterocycles. The van der Waals surface area contributed by atoms with Crippen molar-refractivity contribution in [1.82, 2.24) is 20.4 Å². The molecule has 25 heavy (non-hydrogen) atoms. The van der Waals surface area contributed by atoms with Gasteiger partial charge in [0, 0.05) is 57.5 Å². The van der Waals surface area contributed by atoms with Crippen LogP contribution in [0.4, 0.5) is 0 Å². The third kappa shape index (κ3) is 4.12. The summed E-state index contributed by atoms with van der Waals surface area (Å²) in [5.41, 5.74) is 0.252. The Hall–Kier alpha value is -0.850. The lowest BCUT2D eigenvalue weighted by Gasteiger charge is -2.45. The normalized spacial score (nSPS) is 31.4. The van der Waals surface area contributed by atoms with Crippen LogP contribution in [0.3, 0.4) is 0 Å². The molecule has 1 saturated carbocycles. The number of guanidine groups is 1. The molecule has 0 aromatic heterocycles. The first-order chi connectivity index (χ1) is 12.3. The van der Waals surface area contributed by atoms with E-state index in [1.54, 1.807) is 0 Å². The molecule has 2 N–H and O–H groups in total. The number of likely N-dealkylation sites (tertiary alicyclic amines) is 2. The molecule has 0 bridgehead atoms. The summed E-state index contributed by atoms with van der Waals surface area (Å²) in [6.07, 6.45) is 9.00. The summed E-state index contributed by atoms with van der Waals surface area (Å²) in [4.78, 5) is 9.86. The number of aliphatic imine (C=N–C) groups is 1. The van der Waals surface area contributed by atoms with Crippen molar-refractivity contribution in [3.8, 4) is 0 Å². The molecule has 142 valence electrons. The Bertz CT molecular complexity index is 466. The van der Waals surface area contributed by atoms with Gasteiger partial charge >= 0.3 is 0 Å². The number of nitrogens with one attached hydrogen (secondary N) is 2. The first kappa shape index (κ1) is 17.6. The molecule has 0 aromatic carbocycles. The van der Waals surface area contributed by atoms with E-state index < -0.39 is 0 Å². The van der Waals surface area contributed by atoms with Gasteiger partial charge in [-0.2, -0.15) is 0 Å². The second-order valence-corrected chi connectivity index (χ2v) is 8.31. The highest BCUT2D eigenvalue weighted by Gasteiger charge is 2.40. The number of hydrogen-bond donors (Lipinski definition) is 2. The second-order valence-electron chi connectivity index (χ2n) is 8.31. The van der Waals surface area contributed by atoms with Crippen molar-refractivity contribution in [2.75, 3.05) is 53.0 Å². The van der Waals surface area contributed by atoms with E-state index in [0.717, 1.165) is 44.6 Å². The summed E-state index contributed by atoms with van der Waals surface area (Å²) in [6, 6.07) is 1.42. The fourth-order valence-corrected chi connectivity index (χ4v) is 4.86. The lowest BCUT2D eigenvalue weighted by Crippen LogP contribution is -2.59. The number of rotatable bonds is 5. The molecule has 4 fully saturated rings. The lowest BCUT2D eigenvalue weighted by atomic mass is 9.88. The van der Waals surface area contributed by atoms with E-state index in [9.17, 15) is 0 Å². The SMILES string of the molecule is CN=C(NCC1(N2CCCC2)CCOCC1)NC1CCN(C2CC2)C1. The van der Waals surface area contributed by atoms with Crippen LogP contribution in [0.2, 0.25) is 0 Å². The van der Waals surface area contributed by atoms with E-state index in [1.165, 1.54) is 58.3 Å². The maximum Gasteiger partial charge on any atom is 0.191 e. The molecular formula is C19H35N5O. The monoisotopic (exact) mass is 349 g/mol. The summed E-state index contributed by atoms with van der Waals surface area (Å²) in [6.45, 7) is 7.67. The smallest absolute Gasteiger partial charge is 0.191 e. The van der Waals surface area contributed by atoms with Crippen molar-refractivity contribution < 1.29 is 4.74 Å². The van der Waals surface area contributed by atoms with Crippen molar-refractivity contribution in [2.45, 2.75) is 62.6 Å². The summed E-state index contributed by atoms with van der Waals surface area (Å²) in [5, 5.41) is 7.34. The molecule has 4 rings (SSSR count). The Morgan fingerprint density at radius 2 is 1.88 bits per heavy atom. The molecule has 1 unspecified atom stereocenters. The quantitative estimate of drug-likeness (QED) is 0.574. The average Bonchev–Trinajstić information content (AvgIpc) is 3.15. The summed E-state index contributed by atoms with van der Waals surface area (Å²) < 4.78 is 5.66. The molecule has 4 aliphatic rings. The first-order valence-corrected chi connectivity index (χ1v) is 10.3. The third-order valence-corrected chi connectivity index (χ3v) is 6.63. The summed E-state index contributed by atoms with van der Waals surface area (Å²) in [7, 11) is 1.90. The average molecular weight is 350 g/mol. The van der Waals surface area contributed by atoms with Gasteiger partial charge in [-0.3, -0.25) is 14.8 Å². The third-order valence-electron chi connectivity index (χ3n) is 6.63. The molecule has 6 heteroatoms. The minimum Gasteiger partial charge on any atom is -0.381 e. The molecule has 0 spiro atoms. The van der Waals surface area contributed by atoms with Crippen LogP contribution in [-0.2, 0) is 4.74 Å². The van der Waals surface area contributed by atoms with E-state index in [2.05, 4.69) is 25.4 Å². The van der Waals surface area contributed by atoms with E-state index in [0.29, 0.717) is 6.04 Å². The van der Waals surface area contributed by atoms with Crippen molar-refractivity contribution in [2.24, 2.45) is 4.99 Å². The largest absolute Gasteiger partial charge is 0.381 e. The minimum atomic E-state index is 0.252. The molecule has 0 radical (unpaired) electrons. The van der Waals surface area contributed by atoms with Gasteiger partial charge in [-0.05, 0) is 58.0 Å². The van der Waals surface area contributed by atoms with Gasteiger partial charge < -0.3 is 15.4 Å². The zero-order chi connectivity index (χ0) is 17.1. The van der Waals surface area contributed by atoms with Crippen LogP contribution in [0.25, 0.3) is 0 Å². The van der Waals surface area contributed by atoms with Crippen LogP contribution >= 0.6 is 0 Å². The van der Waals surface area contributed by atoms with Gasteiger partial charge in [0.2, 0.25) is 0 Å². The molecule has 1 aliphatic carbocycles. The number of nitrogens with zero attached hydrogens (tertiary/aromatic N) is 3. The molecule has 6 nitrogen and oxygen atoms in total. The second kappa shape index (κ2) is 7.80. The van der Waals surface area contributed by atoms with Crippen LogP contribution in [0.5, 0.6) is 0 Å². The van der Waals surface area contributed by atoms with Crippen LogP contribution < -0.4 is 10.6 Å². The van der Waals surface area contributed by atoms with Gasteiger partial charge in [-0.25, -0.2) is 0 Å². The van der Waals surface area contributed by atoms with Crippen LogP contribution in [0.15, 0.2) is 4.99 Å². The molecule has 3 heterocycles. The zero-order valence-corrected chi connectivity index (χ0v) is 15.8. The molecule has 0 amide bonds. The maximum atomic E-state index is 5.66. The summed E-state index contributed by atoms with van der Waals surface area (Å²) in [5.74, 6) is 0.979. The van der Waals surface area contributed by atoms with Crippen molar-refractivity contribution in [3.05, 3.63) is 0 Å². The highest BCUT2D eigenvalue weighted by Crippen LogP contribution is 2.31. The Morgan fingerprint density at radius 3 is 2.56 bits per heavy atom. The molecular weight excluding hydrogens is 314 g/mol. The van der Waals surface area contributed by atoms with Crippen molar-refractivity contribution >= 4 is 5.96 Å². The highest BCUT2D eigenvalue weighted by molar-refractivity contribution is 5.80. The van der Waals surface area contributed by atoms with E-state index >= 15 is 0 Å². The number of ether oxygens (including phenoxy) is 1. The zero-order valence-electron chi connectivity index (χ0n) is 15.8. The predicted octanol–water partition coefficient (Wildman–Crippen LogP) is 1.03. The molecule has 0 aromatic rings. The van der Waals surface area contributed by atoms with E-state index in [1.807, 2.05) is 7.05 Å². The Morgan fingerprint density at radius 1 is 1.12 bits per heavy atom. The van der Waals surface area contributed by atoms with Crippen LogP contribution in [0.1, 0.15) is 44.9 Å². The van der Waals surface area contributed by atoms with E-state index in [4.69, 9.17) is 4.74 Å². The van der Waals surface area contributed by atoms with Crippen LogP contribution in [0, 0.1) is 0 Å². The first-order valence-electron chi connectivity index (χ1n) is 10.3. The number of hydrogen-bond acceptors (Lipinski definition) is 4. The van der Waals surface area contributed by atoms with Gasteiger partial charge in [0.15, 0.2) is 5.96 Å². The van der Waals surface area contributed by atoms with Gasteiger partial charge in [-0.15, -0.1) is 0 Å². The van der Waals surface area contributed by atoms with Crippen molar-refractivity contribution in [1.29, 1.82) is 0 Å². The minimum absolute atomic E-state index is 0.252. The Labute approximate surface area is 152 Å². The van der Waals surface area contributed by atoms with E-state index in [-0.39, 0.29) is 5.54 Å². The van der Waals surface area contributed by atoms with Gasteiger partial charge in [0.05, 0.1) is 0 Å². The summed E-state index contributed by atoms with van der Waals surface area (Å²) >= 11 is 0. The maximum absolute atomic E-state index is 5.66. The molecule has 3 saturated heterocycles.